The summed E-state index contributed by atoms with van der Waals surface area (Å²) >= 11 is 0. The SMILES string of the molecule is CCNC(=NCc1ccc(Oc2ccccc2OC)cc1)NC1CCc2ncnn2C1.I. The van der Waals surface area contributed by atoms with Crippen LogP contribution in [0.3, 0.4) is 0 Å². The van der Waals surface area contributed by atoms with Crippen LogP contribution in [0.4, 0.5) is 0 Å². The van der Waals surface area contributed by atoms with Crippen molar-refractivity contribution in [1.29, 1.82) is 0 Å². The predicted octanol–water partition coefficient (Wildman–Crippen LogP) is 3.77. The van der Waals surface area contributed by atoms with E-state index in [1.54, 1.807) is 13.4 Å². The number of fused-ring (bicyclic) bond motifs is 1. The van der Waals surface area contributed by atoms with Crippen LogP contribution < -0.4 is 20.1 Å². The zero-order valence-electron chi connectivity index (χ0n) is 18.3. The molecule has 1 aliphatic heterocycles. The number of guanidine groups is 1. The highest BCUT2D eigenvalue weighted by Gasteiger charge is 2.20. The molecular formula is C23H29IN6O2. The molecule has 9 heteroatoms. The van der Waals surface area contributed by atoms with E-state index < -0.39 is 0 Å². The number of benzene rings is 2. The van der Waals surface area contributed by atoms with Crippen LogP contribution in [0.25, 0.3) is 0 Å². The Morgan fingerprint density at radius 1 is 1.16 bits per heavy atom. The molecule has 0 bridgehead atoms. The van der Waals surface area contributed by atoms with Crippen LogP contribution in [-0.4, -0.2) is 40.4 Å². The predicted molar refractivity (Wildman–Crippen MR) is 135 cm³/mol. The highest BCUT2D eigenvalue weighted by Crippen LogP contribution is 2.30. The molecule has 0 spiro atoms. The number of halogens is 1. The van der Waals surface area contributed by atoms with Gasteiger partial charge in [0.25, 0.3) is 0 Å². The van der Waals surface area contributed by atoms with Gasteiger partial charge in [0.2, 0.25) is 0 Å². The summed E-state index contributed by atoms with van der Waals surface area (Å²) in [6.07, 6.45) is 3.56. The molecule has 32 heavy (non-hydrogen) atoms. The number of aliphatic imine (C=N–C) groups is 1. The number of para-hydroxylation sites is 2. The molecule has 4 rings (SSSR count). The van der Waals surface area contributed by atoms with Crippen LogP contribution in [-0.2, 0) is 19.5 Å². The maximum absolute atomic E-state index is 5.94. The van der Waals surface area contributed by atoms with Gasteiger partial charge in [-0.25, -0.2) is 14.7 Å². The number of methoxy groups -OCH3 is 1. The van der Waals surface area contributed by atoms with Crippen LogP contribution in [0.2, 0.25) is 0 Å². The van der Waals surface area contributed by atoms with Crippen molar-refractivity contribution in [3.05, 3.63) is 66.2 Å². The monoisotopic (exact) mass is 548 g/mol. The topological polar surface area (TPSA) is 85.6 Å². The maximum atomic E-state index is 5.94. The number of hydrogen-bond donors (Lipinski definition) is 2. The van der Waals surface area contributed by atoms with Crippen molar-refractivity contribution in [1.82, 2.24) is 25.4 Å². The van der Waals surface area contributed by atoms with E-state index in [0.717, 1.165) is 49.0 Å². The first kappa shape index (κ1) is 23.8. The summed E-state index contributed by atoms with van der Waals surface area (Å²) in [4.78, 5) is 9.04. The number of aryl methyl sites for hydroxylation is 1. The Morgan fingerprint density at radius 3 is 2.69 bits per heavy atom. The third kappa shape index (κ3) is 6.12. The largest absolute Gasteiger partial charge is 0.493 e. The molecule has 1 aromatic heterocycles. The molecule has 0 saturated carbocycles. The van der Waals surface area contributed by atoms with Crippen LogP contribution in [0, 0.1) is 0 Å². The number of hydrogen-bond acceptors (Lipinski definition) is 5. The van der Waals surface area contributed by atoms with Crippen LogP contribution >= 0.6 is 24.0 Å². The molecule has 1 atom stereocenters. The van der Waals surface area contributed by atoms with Crippen LogP contribution in [0.5, 0.6) is 17.2 Å². The Bertz CT molecular complexity index is 1020. The smallest absolute Gasteiger partial charge is 0.191 e. The Balaban J connectivity index is 0.00000289. The van der Waals surface area contributed by atoms with Crippen LogP contribution in [0.1, 0.15) is 24.7 Å². The molecule has 8 nitrogen and oxygen atoms in total. The molecule has 2 heterocycles. The molecule has 0 fully saturated rings. The van der Waals surface area contributed by atoms with Gasteiger partial charge in [0.1, 0.15) is 17.9 Å². The summed E-state index contributed by atoms with van der Waals surface area (Å²) in [6, 6.07) is 15.8. The van der Waals surface area contributed by atoms with Gasteiger partial charge in [-0.2, -0.15) is 5.10 Å². The van der Waals surface area contributed by atoms with Gasteiger partial charge in [-0.15, -0.1) is 24.0 Å². The van der Waals surface area contributed by atoms with Crippen molar-refractivity contribution in [2.24, 2.45) is 4.99 Å². The van der Waals surface area contributed by atoms with Gasteiger partial charge in [-0.1, -0.05) is 24.3 Å². The quantitative estimate of drug-likeness (QED) is 0.266. The fourth-order valence-electron chi connectivity index (χ4n) is 3.53. The van der Waals surface area contributed by atoms with Crippen molar-refractivity contribution in [2.45, 2.75) is 38.9 Å². The van der Waals surface area contributed by atoms with E-state index in [1.165, 1.54) is 0 Å². The maximum Gasteiger partial charge on any atom is 0.191 e. The third-order valence-electron chi connectivity index (χ3n) is 5.13. The molecule has 2 N–H and O–H groups in total. The van der Waals surface area contributed by atoms with Gasteiger partial charge in [-0.3, -0.25) is 0 Å². The van der Waals surface area contributed by atoms with E-state index in [0.29, 0.717) is 18.0 Å². The molecule has 0 aliphatic carbocycles. The first-order valence-corrected chi connectivity index (χ1v) is 10.6. The summed E-state index contributed by atoms with van der Waals surface area (Å²) in [6.45, 7) is 4.25. The molecule has 170 valence electrons. The minimum Gasteiger partial charge on any atom is -0.493 e. The fraction of sp³-hybridized carbons (Fsp3) is 0.348. The average Bonchev–Trinajstić information content (AvgIpc) is 3.27. The third-order valence-corrected chi connectivity index (χ3v) is 5.13. The standard InChI is InChI=1S/C23H28N6O2.HI/c1-3-24-23(28-18-10-13-22-26-16-27-29(22)15-18)25-14-17-8-11-19(12-9-17)31-21-7-5-4-6-20(21)30-2;/h4-9,11-12,16,18H,3,10,13-15H2,1-2H3,(H2,24,25,28);1H. The summed E-state index contributed by atoms with van der Waals surface area (Å²) in [7, 11) is 1.64. The molecule has 0 saturated heterocycles. The van der Waals surface area contributed by atoms with E-state index in [1.807, 2.05) is 53.2 Å². The highest BCUT2D eigenvalue weighted by molar-refractivity contribution is 14.0. The lowest BCUT2D eigenvalue weighted by molar-refractivity contribution is 0.379. The van der Waals surface area contributed by atoms with Gasteiger partial charge < -0.3 is 20.1 Å². The Labute approximate surface area is 205 Å². The number of rotatable bonds is 7. The normalized spacial score (nSPS) is 15.3. The second-order valence-electron chi connectivity index (χ2n) is 7.33. The number of nitrogens with zero attached hydrogens (tertiary/aromatic N) is 4. The average molecular weight is 548 g/mol. The zero-order valence-corrected chi connectivity index (χ0v) is 20.7. The van der Waals surface area contributed by atoms with Gasteiger partial charge >= 0.3 is 0 Å². The van der Waals surface area contributed by atoms with E-state index in [-0.39, 0.29) is 30.0 Å². The first-order chi connectivity index (χ1) is 15.2. The van der Waals surface area contributed by atoms with Crippen molar-refractivity contribution < 1.29 is 9.47 Å². The van der Waals surface area contributed by atoms with Gasteiger partial charge in [-0.05, 0) is 43.2 Å². The van der Waals surface area contributed by atoms with Crippen molar-refractivity contribution in [3.63, 3.8) is 0 Å². The lowest BCUT2D eigenvalue weighted by Gasteiger charge is -2.25. The molecule has 2 aromatic carbocycles. The first-order valence-electron chi connectivity index (χ1n) is 10.6. The minimum absolute atomic E-state index is 0. The van der Waals surface area contributed by atoms with Gasteiger partial charge in [0.05, 0.1) is 20.2 Å². The minimum atomic E-state index is 0. The number of nitrogens with one attached hydrogen (secondary N) is 2. The van der Waals surface area contributed by atoms with Crippen LogP contribution in [0.15, 0.2) is 59.9 Å². The van der Waals surface area contributed by atoms with Gasteiger partial charge in [0, 0.05) is 19.0 Å². The zero-order chi connectivity index (χ0) is 21.5. The highest BCUT2D eigenvalue weighted by atomic mass is 127. The van der Waals surface area contributed by atoms with Gasteiger partial charge in [0.15, 0.2) is 17.5 Å². The molecule has 3 aromatic rings. The van der Waals surface area contributed by atoms with Crippen molar-refractivity contribution in [2.75, 3.05) is 13.7 Å². The Hall–Kier alpha value is -2.82. The lowest BCUT2D eigenvalue weighted by atomic mass is 10.1. The van der Waals surface area contributed by atoms with E-state index in [9.17, 15) is 0 Å². The Kier molecular flexibility index (Phi) is 8.72. The summed E-state index contributed by atoms with van der Waals surface area (Å²) in [5.74, 6) is 4.02. The second-order valence-corrected chi connectivity index (χ2v) is 7.33. The fourth-order valence-corrected chi connectivity index (χ4v) is 3.53. The Morgan fingerprint density at radius 2 is 1.94 bits per heavy atom. The molecular weight excluding hydrogens is 519 g/mol. The lowest BCUT2D eigenvalue weighted by Crippen LogP contribution is -2.47. The number of ether oxygens (including phenoxy) is 2. The molecule has 1 aliphatic rings. The summed E-state index contributed by atoms with van der Waals surface area (Å²) in [5, 5.41) is 11.1. The summed E-state index contributed by atoms with van der Waals surface area (Å²) < 4.78 is 13.2. The van der Waals surface area contributed by atoms with E-state index in [2.05, 4.69) is 27.6 Å². The second kappa shape index (κ2) is 11.7. The van der Waals surface area contributed by atoms with E-state index >= 15 is 0 Å². The molecule has 0 amide bonds. The molecule has 0 radical (unpaired) electrons. The molecule has 1 unspecified atom stereocenters. The number of aromatic nitrogens is 3. The van der Waals surface area contributed by atoms with E-state index in [4.69, 9.17) is 14.5 Å². The van der Waals surface area contributed by atoms with Crippen molar-refractivity contribution in [3.8, 4) is 17.2 Å². The van der Waals surface area contributed by atoms with Crippen molar-refractivity contribution >= 4 is 29.9 Å². The summed E-state index contributed by atoms with van der Waals surface area (Å²) in [5.41, 5.74) is 1.10.